The predicted molar refractivity (Wildman–Crippen MR) is 67.3 cm³/mol. The van der Waals surface area contributed by atoms with Gasteiger partial charge in [-0.15, -0.1) is 0 Å². The number of aryl methyl sites for hydroxylation is 1. The SMILES string of the molecule is CNCC(=O)N(C)Cc1cn(C)c(=O)n(C)c1=O. The van der Waals surface area contributed by atoms with Gasteiger partial charge in [0.2, 0.25) is 5.91 Å². The largest absolute Gasteiger partial charge is 0.340 e. The molecule has 1 rings (SSSR count). The van der Waals surface area contributed by atoms with E-state index < -0.39 is 0 Å². The lowest BCUT2D eigenvalue weighted by Gasteiger charge is -2.17. The third-order valence-electron chi connectivity index (χ3n) is 2.68. The molecule has 0 aliphatic rings. The number of hydrogen-bond acceptors (Lipinski definition) is 4. The Bertz CT molecular complexity index is 558. The van der Waals surface area contributed by atoms with Crippen LogP contribution < -0.4 is 16.6 Å². The molecule has 0 aliphatic carbocycles. The Labute approximate surface area is 105 Å². The van der Waals surface area contributed by atoms with Crippen molar-refractivity contribution in [3.63, 3.8) is 0 Å². The summed E-state index contributed by atoms with van der Waals surface area (Å²) >= 11 is 0. The van der Waals surface area contributed by atoms with Gasteiger partial charge in [0.1, 0.15) is 0 Å². The standard InChI is InChI=1S/C11H18N4O3/c1-12-5-9(16)13(2)6-8-7-14(3)11(18)15(4)10(8)17/h7,12H,5-6H2,1-4H3. The van der Waals surface area contributed by atoms with E-state index in [1.165, 1.54) is 22.7 Å². The van der Waals surface area contributed by atoms with Crippen LogP contribution in [0, 0.1) is 0 Å². The van der Waals surface area contributed by atoms with Crippen molar-refractivity contribution in [3.8, 4) is 0 Å². The summed E-state index contributed by atoms with van der Waals surface area (Å²) in [5.74, 6) is -0.117. The summed E-state index contributed by atoms with van der Waals surface area (Å²) in [5, 5.41) is 2.75. The number of carbonyl (C=O) groups excluding carboxylic acids is 1. The van der Waals surface area contributed by atoms with E-state index in [1.54, 1.807) is 21.1 Å². The molecule has 0 bridgehead atoms. The van der Waals surface area contributed by atoms with Crippen LogP contribution in [0.15, 0.2) is 15.8 Å². The van der Waals surface area contributed by atoms with E-state index in [2.05, 4.69) is 5.32 Å². The summed E-state index contributed by atoms with van der Waals surface area (Å²) in [6.07, 6.45) is 1.47. The molecule has 1 amide bonds. The van der Waals surface area contributed by atoms with Gasteiger partial charge in [0.25, 0.3) is 5.56 Å². The van der Waals surface area contributed by atoms with Crippen molar-refractivity contribution in [1.82, 2.24) is 19.4 Å². The smallest absolute Gasteiger partial charge is 0.330 e. The van der Waals surface area contributed by atoms with E-state index in [0.717, 1.165) is 4.57 Å². The maximum Gasteiger partial charge on any atom is 0.330 e. The molecule has 1 N–H and O–H groups in total. The highest BCUT2D eigenvalue weighted by Crippen LogP contribution is 1.95. The molecule has 0 fully saturated rings. The van der Waals surface area contributed by atoms with Crippen molar-refractivity contribution in [1.29, 1.82) is 0 Å². The van der Waals surface area contributed by atoms with E-state index in [9.17, 15) is 14.4 Å². The molecule has 18 heavy (non-hydrogen) atoms. The van der Waals surface area contributed by atoms with E-state index in [0.29, 0.717) is 5.56 Å². The molecular weight excluding hydrogens is 236 g/mol. The summed E-state index contributed by atoms with van der Waals surface area (Å²) in [7, 11) is 6.28. The highest BCUT2D eigenvalue weighted by Gasteiger charge is 2.12. The molecule has 1 aromatic rings. The molecule has 0 saturated carbocycles. The highest BCUT2D eigenvalue weighted by molar-refractivity contribution is 5.77. The van der Waals surface area contributed by atoms with Crippen molar-refractivity contribution >= 4 is 5.91 Å². The minimum absolute atomic E-state index is 0.117. The minimum Gasteiger partial charge on any atom is -0.340 e. The number of nitrogens with zero attached hydrogens (tertiary/aromatic N) is 3. The van der Waals surface area contributed by atoms with Crippen LogP contribution in [-0.2, 0) is 25.4 Å². The Morgan fingerprint density at radius 1 is 1.39 bits per heavy atom. The third kappa shape index (κ3) is 2.86. The van der Waals surface area contributed by atoms with E-state index in [4.69, 9.17) is 0 Å². The first-order valence-corrected chi connectivity index (χ1v) is 5.52. The second-order valence-electron chi connectivity index (χ2n) is 4.19. The molecule has 0 saturated heterocycles. The summed E-state index contributed by atoms with van der Waals surface area (Å²) in [4.78, 5) is 36.4. The van der Waals surface area contributed by atoms with Crippen molar-refractivity contribution < 1.29 is 4.79 Å². The van der Waals surface area contributed by atoms with Crippen molar-refractivity contribution in [2.45, 2.75) is 6.54 Å². The van der Waals surface area contributed by atoms with Crippen LogP contribution in [0.25, 0.3) is 0 Å². The number of carbonyl (C=O) groups is 1. The molecule has 7 nitrogen and oxygen atoms in total. The molecule has 0 aliphatic heterocycles. The third-order valence-corrected chi connectivity index (χ3v) is 2.68. The Kier molecular flexibility index (Phi) is 4.43. The molecule has 0 radical (unpaired) electrons. The van der Waals surface area contributed by atoms with Gasteiger partial charge in [0.05, 0.1) is 18.7 Å². The lowest BCUT2D eigenvalue weighted by molar-refractivity contribution is -0.129. The Balaban J connectivity index is 3.03. The van der Waals surface area contributed by atoms with Crippen molar-refractivity contribution in [2.24, 2.45) is 14.1 Å². The van der Waals surface area contributed by atoms with Gasteiger partial charge >= 0.3 is 5.69 Å². The van der Waals surface area contributed by atoms with E-state index in [1.807, 2.05) is 0 Å². The molecule has 7 heteroatoms. The van der Waals surface area contributed by atoms with E-state index >= 15 is 0 Å². The number of aromatic nitrogens is 2. The first-order valence-electron chi connectivity index (χ1n) is 5.52. The topological polar surface area (TPSA) is 76.3 Å². The van der Waals surface area contributed by atoms with Crippen LogP contribution in [-0.4, -0.2) is 40.6 Å². The summed E-state index contributed by atoms with van der Waals surface area (Å²) < 4.78 is 2.36. The molecule has 1 aromatic heterocycles. The van der Waals surface area contributed by atoms with Gasteiger partial charge in [0, 0.05) is 27.3 Å². The van der Waals surface area contributed by atoms with Gasteiger partial charge < -0.3 is 14.8 Å². The zero-order chi connectivity index (χ0) is 13.9. The lowest BCUT2D eigenvalue weighted by Crippen LogP contribution is -2.41. The van der Waals surface area contributed by atoms with Gasteiger partial charge in [-0.25, -0.2) is 4.79 Å². The van der Waals surface area contributed by atoms with Crippen molar-refractivity contribution in [3.05, 3.63) is 32.6 Å². The maximum absolute atomic E-state index is 11.9. The monoisotopic (exact) mass is 254 g/mol. The van der Waals surface area contributed by atoms with Crippen LogP contribution in [0.2, 0.25) is 0 Å². The fourth-order valence-corrected chi connectivity index (χ4v) is 1.62. The van der Waals surface area contributed by atoms with Crippen LogP contribution >= 0.6 is 0 Å². The lowest BCUT2D eigenvalue weighted by atomic mass is 10.3. The van der Waals surface area contributed by atoms with Crippen molar-refractivity contribution in [2.75, 3.05) is 20.6 Å². The summed E-state index contributed by atoms with van der Waals surface area (Å²) in [5.41, 5.74) is -0.346. The Morgan fingerprint density at radius 2 is 2.00 bits per heavy atom. The van der Waals surface area contributed by atoms with Crippen LogP contribution in [0.5, 0.6) is 0 Å². The zero-order valence-corrected chi connectivity index (χ0v) is 11.1. The maximum atomic E-state index is 11.9. The molecule has 0 aromatic carbocycles. The zero-order valence-electron chi connectivity index (χ0n) is 11.1. The average Bonchev–Trinajstić information content (AvgIpc) is 2.33. The summed E-state index contributed by atoms with van der Waals surface area (Å²) in [6, 6.07) is 0. The van der Waals surface area contributed by atoms with Crippen LogP contribution in [0.4, 0.5) is 0 Å². The van der Waals surface area contributed by atoms with Crippen LogP contribution in [0.3, 0.4) is 0 Å². The highest BCUT2D eigenvalue weighted by atomic mass is 16.2. The van der Waals surface area contributed by atoms with E-state index in [-0.39, 0.29) is 30.2 Å². The number of likely N-dealkylation sites (N-methyl/N-ethyl adjacent to an activating group) is 2. The van der Waals surface area contributed by atoms with Gasteiger partial charge in [-0.05, 0) is 7.05 Å². The Hall–Kier alpha value is -1.89. The first kappa shape index (κ1) is 14.2. The number of rotatable bonds is 4. The average molecular weight is 254 g/mol. The molecule has 0 unspecified atom stereocenters. The summed E-state index contributed by atoms with van der Waals surface area (Å²) in [6.45, 7) is 0.393. The Morgan fingerprint density at radius 3 is 2.56 bits per heavy atom. The minimum atomic E-state index is -0.382. The number of hydrogen-bond donors (Lipinski definition) is 1. The van der Waals surface area contributed by atoms with Gasteiger partial charge in [-0.1, -0.05) is 0 Å². The van der Waals surface area contributed by atoms with Crippen LogP contribution in [0.1, 0.15) is 5.56 Å². The quantitative estimate of drug-likeness (QED) is 0.692. The fourth-order valence-electron chi connectivity index (χ4n) is 1.62. The normalized spacial score (nSPS) is 10.4. The second-order valence-corrected chi connectivity index (χ2v) is 4.19. The predicted octanol–water partition coefficient (Wildman–Crippen LogP) is -1.74. The second kappa shape index (κ2) is 5.63. The number of amides is 1. The molecular formula is C11H18N4O3. The van der Waals surface area contributed by atoms with Gasteiger partial charge in [-0.2, -0.15) is 0 Å². The number of nitrogens with one attached hydrogen (secondary N) is 1. The van der Waals surface area contributed by atoms with Gasteiger partial charge in [0.15, 0.2) is 0 Å². The molecule has 0 atom stereocenters. The molecule has 100 valence electrons. The molecule has 1 heterocycles. The first-order chi connectivity index (χ1) is 8.38. The molecule has 0 spiro atoms. The fraction of sp³-hybridized carbons (Fsp3) is 0.545. The van der Waals surface area contributed by atoms with Gasteiger partial charge in [-0.3, -0.25) is 14.2 Å².